The van der Waals surface area contributed by atoms with Crippen molar-refractivity contribution in [3.63, 3.8) is 0 Å². The number of halogens is 2. The van der Waals surface area contributed by atoms with Gasteiger partial charge in [-0.05, 0) is 32.3 Å². The molecule has 2 fully saturated rings. The minimum atomic E-state index is -2.83. The molecule has 7 nitrogen and oxygen atoms in total. The van der Waals surface area contributed by atoms with Gasteiger partial charge < -0.3 is 5.32 Å². The van der Waals surface area contributed by atoms with E-state index in [-0.39, 0.29) is 18.6 Å². The van der Waals surface area contributed by atoms with Gasteiger partial charge in [-0.25, -0.2) is 23.5 Å². The molecule has 0 radical (unpaired) electrons. The Morgan fingerprint density at radius 2 is 1.80 bits per heavy atom. The predicted molar refractivity (Wildman–Crippen MR) is 106 cm³/mol. The second-order valence-electron chi connectivity index (χ2n) is 7.80. The Morgan fingerprint density at radius 1 is 1.17 bits per heavy atom. The maximum Gasteiger partial charge on any atom is 0.325 e. The van der Waals surface area contributed by atoms with Crippen LogP contribution < -0.4 is 5.32 Å². The van der Waals surface area contributed by atoms with Crippen LogP contribution in [0.4, 0.5) is 13.6 Å². The molecule has 1 N–H and O–H groups in total. The number of urea groups is 1. The Morgan fingerprint density at radius 3 is 2.43 bits per heavy atom. The number of carbonyl (C=O) groups excluding carboxylic acids is 3. The van der Waals surface area contributed by atoms with Gasteiger partial charge in [-0.1, -0.05) is 0 Å². The summed E-state index contributed by atoms with van der Waals surface area (Å²) < 4.78 is 27.0. The van der Waals surface area contributed by atoms with Gasteiger partial charge in [0.05, 0.1) is 11.4 Å². The third kappa shape index (κ3) is 3.38. The van der Waals surface area contributed by atoms with E-state index < -0.39 is 42.8 Å². The highest BCUT2D eigenvalue weighted by Crippen LogP contribution is 2.41. The summed E-state index contributed by atoms with van der Waals surface area (Å²) in [7, 11) is 0. The SMILES string of the molecule is Cc1sc(C(=O)CN2C(=O)NC3(CCC(F)(F)CC3)C2=O)c(C)c1-c1cncnc1. The third-order valence-electron chi connectivity index (χ3n) is 5.81. The minimum Gasteiger partial charge on any atom is -0.323 e. The smallest absolute Gasteiger partial charge is 0.323 e. The van der Waals surface area contributed by atoms with Crippen molar-refractivity contribution in [1.82, 2.24) is 20.2 Å². The van der Waals surface area contributed by atoms with Crippen molar-refractivity contribution in [3.05, 3.63) is 34.0 Å². The summed E-state index contributed by atoms with van der Waals surface area (Å²) in [5, 5.41) is 2.56. The van der Waals surface area contributed by atoms with Crippen molar-refractivity contribution in [2.75, 3.05) is 6.54 Å². The molecular formula is C20H20F2N4O3S. The number of hydrogen-bond donors (Lipinski definition) is 1. The van der Waals surface area contributed by atoms with Gasteiger partial charge in [0.2, 0.25) is 5.92 Å². The van der Waals surface area contributed by atoms with Crippen molar-refractivity contribution in [2.24, 2.45) is 0 Å². The van der Waals surface area contributed by atoms with E-state index in [1.807, 2.05) is 6.92 Å². The quantitative estimate of drug-likeness (QED) is 0.587. The first-order valence-electron chi connectivity index (χ1n) is 9.54. The zero-order valence-electron chi connectivity index (χ0n) is 16.5. The highest BCUT2D eigenvalue weighted by atomic mass is 32.1. The summed E-state index contributed by atoms with van der Waals surface area (Å²) in [5.41, 5.74) is 1.04. The molecule has 0 unspecified atom stereocenters. The number of hydrogen-bond acceptors (Lipinski definition) is 6. The summed E-state index contributed by atoms with van der Waals surface area (Å²) in [6.07, 6.45) is 3.53. The van der Waals surface area contributed by atoms with Crippen LogP contribution >= 0.6 is 11.3 Å². The molecule has 1 aliphatic carbocycles. The standard InChI is InChI=1S/C20H20F2N4O3S/c1-11-15(13-7-23-10-24-8-13)12(2)30-16(11)14(27)9-26-17(28)19(25-18(26)29)3-5-20(21,22)6-4-19/h7-8,10H,3-6,9H2,1-2H3,(H,25,29). The number of amides is 3. The molecule has 1 aliphatic heterocycles. The van der Waals surface area contributed by atoms with E-state index in [2.05, 4.69) is 15.3 Å². The average Bonchev–Trinajstić information content (AvgIpc) is 3.13. The number of nitrogens with one attached hydrogen (secondary N) is 1. The van der Waals surface area contributed by atoms with E-state index in [4.69, 9.17) is 0 Å². The van der Waals surface area contributed by atoms with Crippen LogP contribution in [0, 0.1) is 13.8 Å². The van der Waals surface area contributed by atoms with Crippen LogP contribution in [0.25, 0.3) is 11.1 Å². The number of aromatic nitrogens is 2. The second-order valence-corrected chi connectivity index (χ2v) is 9.02. The number of nitrogens with zero attached hydrogens (tertiary/aromatic N) is 3. The lowest BCUT2D eigenvalue weighted by Crippen LogP contribution is -2.51. The van der Waals surface area contributed by atoms with Crippen LogP contribution in [0.1, 0.15) is 45.8 Å². The summed E-state index contributed by atoms with van der Waals surface area (Å²) in [6.45, 7) is 3.26. The van der Waals surface area contributed by atoms with E-state index in [1.165, 1.54) is 17.7 Å². The molecule has 10 heteroatoms. The first kappa shape index (κ1) is 20.5. The maximum absolute atomic E-state index is 13.5. The maximum atomic E-state index is 13.5. The van der Waals surface area contributed by atoms with Crippen molar-refractivity contribution >= 4 is 29.1 Å². The lowest BCUT2D eigenvalue weighted by atomic mass is 9.80. The predicted octanol–water partition coefficient (Wildman–Crippen LogP) is 3.50. The molecule has 158 valence electrons. The Balaban J connectivity index is 1.55. The highest BCUT2D eigenvalue weighted by molar-refractivity contribution is 7.14. The Hall–Kier alpha value is -2.75. The molecule has 0 aromatic carbocycles. The average molecular weight is 434 g/mol. The number of aryl methyl sites for hydroxylation is 1. The van der Waals surface area contributed by atoms with Crippen LogP contribution in [0.5, 0.6) is 0 Å². The highest BCUT2D eigenvalue weighted by Gasteiger charge is 2.55. The topological polar surface area (TPSA) is 92.3 Å². The van der Waals surface area contributed by atoms with Gasteiger partial charge in [-0.3, -0.25) is 14.5 Å². The first-order valence-corrected chi connectivity index (χ1v) is 10.4. The van der Waals surface area contributed by atoms with E-state index in [0.717, 1.165) is 26.5 Å². The summed E-state index contributed by atoms with van der Waals surface area (Å²) in [5.74, 6) is -3.80. The molecule has 3 amide bonds. The molecule has 4 rings (SSSR count). The monoisotopic (exact) mass is 434 g/mol. The van der Waals surface area contributed by atoms with Gasteiger partial charge in [-0.15, -0.1) is 11.3 Å². The zero-order valence-corrected chi connectivity index (χ0v) is 17.3. The minimum absolute atomic E-state index is 0.134. The second kappa shape index (κ2) is 7.19. The number of ketones is 1. The Bertz CT molecular complexity index is 1030. The molecule has 2 aliphatic rings. The van der Waals surface area contributed by atoms with E-state index in [9.17, 15) is 23.2 Å². The van der Waals surface area contributed by atoms with Gasteiger partial charge in [0, 0.05) is 41.2 Å². The molecule has 3 heterocycles. The third-order valence-corrected chi connectivity index (χ3v) is 7.06. The zero-order chi connectivity index (χ0) is 21.7. The molecule has 2 aromatic heterocycles. The van der Waals surface area contributed by atoms with Crippen LogP contribution in [-0.4, -0.2) is 50.6 Å². The normalized spacial score (nSPS) is 19.9. The van der Waals surface area contributed by atoms with Crippen LogP contribution in [0.3, 0.4) is 0 Å². The van der Waals surface area contributed by atoms with Crippen molar-refractivity contribution in [2.45, 2.75) is 51.0 Å². The van der Waals surface area contributed by atoms with Gasteiger partial charge in [-0.2, -0.15) is 0 Å². The molecule has 1 spiro atoms. The molecule has 2 aromatic rings. The van der Waals surface area contributed by atoms with Gasteiger partial charge in [0.25, 0.3) is 5.91 Å². The number of carbonyl (C=O) groups is 3. The number of alkyl halides is 2. The van der Waals surface area contributed by atoms with Crippen LogP contribution in [-0.2, 0) is 4.79 Å². The first-order chi connectivity index (χ1) is 14.1. The Labute approximate surface area is 175 Å². The fourth-order valence-electron chi connectivity index (χ4n) is 4.19. The molecule has 1 saturated heterocycles. The fourth-order valence-corrected chi connectivity index (χ4v) is 5.30. The molecule has 0 atom stereocenters. The number of imide groups is 1. The van der Waals surface area contributed by atoms with Crippen molar-refractivity contribution in [3.8, 4) is 11.1 Å². The molecule has 1 saturated carbocycles. The number of rotatable bonds is 4. The lowest BCUT2D eigenvalue weighted by molar-refractivity contribution is -0.135. The number of thiophene rings is 1. The number of Topliss-reactive ketones (excluding diaryl/α,β-unsaturated/α-hetero) is 1. The summed E-state index contributed by atoms with van der Waals surface area (Å²) in [6, 6.07) is -0.707. The Kier molecular flexibility index (Phi) is 4.92. The molecule has 0 bridgehead atoms. The summed E-state index contributed by atoms with van der Waals surface area (Å²) in [4.78, 5) is 48.5. The van der Waals surface area contributed by atoms with Gasteiger partial charge >= 0.3 is 6.03 Å². The van der Waals surface area contributed by atoms with Crippen molar-refractivity contribution < 1.29 is 23.2 Å². The van der Waals surface area contributed by atoms with Crippen LogP contribution in [0.2, 0.25) is 0 Å². The van der Waals surface area contributed by atoms with Gasteiger partial charge in [0.15, 0.2) is 5.78 Å². The van der Waals surface area contributed by atoms with E-state index >= 15 is 0 Å². The summed E-state index contributed by atoms with van der Waals surface area (Å²) >= 11 is 1.28. The van der Waals surface area contributed by atoms with E-state index in [0.29, 0.717) is 4.88 Å². The van der Waals surface area contributed by atoms with Gasteiger partial charge in [0.1, 0.15) is 11.9 Å². The van der Waals surface area contributed by atoms with Crippen molar-refractivity contribution in [1.29, 1.82) is 0 Å². The van der Waals surface area contributed by atoms with E-state index in [1.54, 1.807) is 19.3 Å². The molecule has 30 heavy (non-hydrogen) atoms. The fraction of sp³-hybridized carbons (Fsp3) is 0.450. The largest absolute Gasteiger partial charge is 0.325 e. The molecular weight excluding hydrogens is 414 g/mol. The lowest BCUT2D eigenvalue weighted by Gasteiger charge is -2.34. The van der Waals surface area contributed by atoms with Crippen LogP contribution in [0.15, 0.2) is 18.7 Å².